The molecule has 0 aliphatic carbocycles. The summed E-state index contributed by atoms with van der Waals surface area (Å²) in [5.74, 6) is 1.03. The van der Waals surface area contributed by atoms with Crippen LogP contribution in [0.15, 0.2) is 24.8 Å². The van der Waals surface area contributed by atoms with Gasteiger partial charge >= 0.3 is 0 Å². The maximum atomic E-state index is 12.5. The number of methoxy groups -OCH3 is 1. The van der Waals surface area contributed by atoms with Crippen LogP contribution in [-0.4, -0.2) is 53.2 Å². The number of primary amides is 1. The van der Waals surface area contributed by atoms with E-state index in [0.717, 1.165) is 31.4 Å². The van der Waals surface area contributed by atoms with Gasteiger partial charge < -0.3 is 20.7 Å². The predicted molar refractivity (Wildman–Crippen MR) is 124 cm³/mol. The molecule has 8 nitrogen and oxygen atoms in total. The number of carbonyl (C=O) groups excluding carboxylic acids is 2. The third-order valence-corrected chi connectivity index (χ3v) is 6.96. The molecule has 1 aromatic heterocycles. The predicted octanol–water partition coefficient (Wildman–Crippen LogP) is 3.40. The molecule has 0 bridgehead atoms. The van der Waals surface area contributed by atoms with Gasteiger partial charge in [-0.3, -0.25) is 9.59 Å². The molecule has 4 rings (SSSR count). The highest BCUT2D eigenvalue weighted by Crippen LogP contribution is 2.41. The first-order valence-corrected chi connectivity index (χ1v) is 11.2. The first-order valence-electron chi connectivity index (χ1n) is 10.8. The van der Waals surface area contributed by atoms with Gasteiger partial charge in [0, 0.05) is 35.8 Å². The first-order chi connectivity index (χ1) is 15.3. The summed E-state index contributed by atoms with van der Waals surface area (Å²) in [5.41, 5.74) is 8.15. The van der Waals surface area contributed by atoms with Crippen molar-refractivity contribution in [3.8, 4) is 17.0 Å². The van der Waals surface area contributed by atoms with E-state index in [9.17, 15) is 9.59 Å². The second kappa shape index (κ2) is 8.86. The Kier molecular flexibility index (Phi) is 6.15. The van der Waals surface area contributed by atoms with Crippen LogP contribution in [0.5, 0.6) is 5.75 Å². The fourth-order valence-electron chi connectivity index (χ4n) is 4.81. The van der Waals surface area contributed by atoms with Crippen molar-refractivity contribution in [1.82, 2.24) is 14.7 Å². The molecule has 1 saturated heterocycles. The minimum atomic E-state index is -0.545. The quantitative estimate of drug-likeness (QED) is 0.670. The minimum absolute atomic E-state index is 0.0305. The fourth-order valence-corrected chi connectivity index (χ4v) is 5.02. The molecular weight excluding hydrogens is 430 g/mol. The number of nitrogens with one attached hydrogen (secondary N) is 1. The summed E-state index contributed by atoms with van der Waals surface area (Å²) in [6, 6.07) is 3.73. The van der Waals surface area contributed by atoms with Crippen LogP contribution >= 0.6 is 11.6 Å². The van der Waals surface area contributed by atoms with Gasteiger partial charge in [0.2, 0.25) is 5.91 Å². The molecule has 1 atom stereocenters. The molecule has 0 saturated carbocycles. The number of benzene rings is 1. The second-order valence-corrected chi connectivity index (χ2v) is 8.72. The van der Waals surface area contributed by atoms with Crippen LogP contribution in [0.4, 0.5) is 5.82 Å². The number of hydrogen-bond acceptors (Lipinski definition) is 5. The number of piperidine rings is 1. The van der Waals surface area contributed by atoms with Gasteiger partial charge in [0.25, 0.3) is 5.91 Å². The number of carbonyl (C=O) groups is 2. The van der Waals surface area contributed by atoms with Crippen molar-refractivity contribution in [2.24, 2.45) is 11.7 Å². The van der Waals surface area contributed by atoms with Gasteiger partial charge in [0.1, 0.15) is 22.8 Å². The molecule has 0 spiro atoms. The molecule has 3 heterocycles. The zero-order valence-corrected chi connectivity index (χ0v) is 19.1. The van der Waals surface area contributed by atoms with E-state index in [0.29, 0.717) is 52.4 Å². The highest BCUT2D eigenvalue weighted by atomic mass is 35.5. The number of ether oxygens (including phenoxy) is 1. The maximum Gasteiger partial charge on any atom is 0.254 e. The number of anilines is 1. The van der Waals surface area contributed by atoms with Crippen LogP contribution in [-0.2, 0) is 4.79 Å². The Balaban J connectivity index is 1.72. The number of hydrogen-bond donors (Lipinski definition) is 2. The van der Waals surface area contributed by atoms with Crippen LogP contribution in [0.1, 0.15) is 41.2 Å². The smallest absolute Gasteiger partial charge is 0.254 e. The SMILES string of the molecule is C=CC(=O)N1CCC(C2CCNc3c(C(N)=O)c(-c4cc(Cl)c(C)c(OC)c4)nn32)CC1. The average Bonchev–Trinajstić information content (AvgIpc) is 3.20. The third kappa shape index (κ3) is 3.83. The van der Waals surface area contributed by atoms with Gasteiger partial charge in [-0.15, -0.1) is 0 Å². The van der Waals surface area contributed by atoms with Crippen molar-refractivity contribution in [2.75, 3.05) is 32.1 Å². The molecule has 0 radical (unpaired) electrons. The summed E-state index contributed by atoms with van der Waals surface area (Å²) < 4.78 is 7.37. The molecule has 2 aromatic rings. The second-order valence-electron chi connectivity index (χ2n) is 8.32. The number of nitrogens with two attached hydrogens (primary N) is 1. The van der Waals surface area contributed by atoms with Crippen molar-refractivity contribution >= 4 is 29.2 Å². The highest BCUT2D eigenvalue weighted by Gasteiger charge is 2.35. The molecule has 1 fully saturated rings. The minimum Gasteiger partial charge on any atom is -0.496 e. The van der Waals surface area contributed by atoms with Crippen LogP contribution in [0.3, 0.4) is 0 Å². The maximum absolute atomic E-state index is 12.5. The lowest BCUT2D eigenvalue weighted by atomic mass is 9.87. The summed E-state index contributed by atoms with van der Waals surface area (Å²) in [6.07, 6.45) is 3.98. The molecule has 1 aromatic carbocycles. The molecule has 2 aliphatic heterocycles. The van der Waals surface area contributed by atoms with Crippen LogP contribution in [0, 0.1) is 12.8 Å². The molecule has 170 valence electrons. The lowest BCUT2D eigenvalue weighted by Gasteiger charge is -2.38. The Bertz CT molecular complexity index is 1070. The van der Waals surface area contributed by atoms with Crippen molar-refractivity contribution in [3.05, 3.63) is 40.9 Å². The number of nitrogens with zero attached hydrogens (tertiary/aromatic N) is 3. The summed E-state index contributed by atoms with van der Waals surface area (Å²) in [6.45, 7) is 7.56. The van der Waals surface area contributed by atoms with E-state index in [2.05, 4.69) is 11.9 Å². The standard InChI is InChI=1S/C23H28ClN5O3/c1-4-19(30)28-9-6-14(7-10-28)17-5-8-26-23-20(22(25)31)21(27-29(17)23)15-11-16(24)13(2)18(12-15)32-3/h4,11-12,14,17,26H,1,5-10H2,2-3H3,(H2,25,31). The molecule has 32 heavy (non-hydrogen) atoms. The molecular formula is C23H28ClN5O3. The van der Waals surface area contributed by atoms with E-state index in [-0.39, 0.29) is 11.9 Å². The fraction of sp³-hybridized carbons (Fsp3) is 0.435. The van der Waals surface area contributed by atoms with Crippen molar-refractivity contribution in [3.63, 3.8) is 0 Å². The number of rotatable bonds is 5. The number of fused-ring (bicyclic) bond motifs is 1. The molecule has 2 amide bonds. The Morgan fingerprint density at radius 2 is 2.03 bits per heavy atom. The summed E-state index contributed by atoms with van der Waals surface area (Å²) >= 11 is 6.42. The van der Waals surface area contributed by atoms with Crippen LogP contribution < -0.4 is 15.8 Å². The summed E-state index contributed by atoms with van der Waals surface area (Å²) in [4.78, 5) is 26.2. The molecule has 3 N–H and O–H groups in total. The molecule has 9 heteroatoms. The van der Waals surface area contributed by atoms with Crippen molar-refractivity contribution in [2.45, 2.75) is 32.2 Å². The zero-order valence-electron chi connectivity index (χ0n) is 18.4. The van der Waals surface area contributed by atoms with Gasteiger partial charge in [-0.1, -0.05) is 18.2 Å². The Morgan fingerprint density at radius 3 is 2.66 bits per heavy atom. The number of halogens is 1. The number of amides is 2. The highest BCUT2D eigenvalue weighted by molar-refractivity contribution is 6.32. The van der Waals surface area contributed by atoms with Gasteiger partial charge in [0.05, 0.1) is 13.2 Å². The number of likely N-dealkylation sites (tertiary alicyclic amines) is 1. The summed E-state index contributed by atoms with van der Waals surface area (Å²) in [7, 11) is 1.58. The normalized spacial score (nSPS) is 18.6. The zero-order chi connectivity index (χ0) is 23.0. The van der Waals surface area contributed by atoms with E-state index in [1.165, 1.54) is 6.08 Å². The third-order valence-electron chi connectivity index (χ3n) is 6.56. The Hall–Kier alpha value is -3.00. The van der Waals surface area contributed by atoms with Gasteiger partial charge in [0.15, 0.2) is 0 Å². The Morgan fingerprint density at radius 1 is 1.31 bits per heavy atom. The number of aromatic nitrogens is 2. The topological polar surface area (TPSA) is 102 Å². The van der Waals surface area contributed by atoms with Crippen LogP contribution in [0.2, 0.25) is 5.02 Å². The average molecular weight is 458 g/mol. The summed E-state index contributed by atoms with van der Waals surface area (Å²) in [5, 5.41) is 8.71. The van der Waals surface area contributed by atoms with E-state index >= 15 is 0 Å². The van der Waals surface area contributed by atoms with Gasteiger partial charge in [-0.25, -0.2) is 4.68 Å². The molecule has 2 aliphatic rings. The largest absolute Gasteiger partial charge is 0.496 e. The monoisotopic (exact) mass is 457 g/mol. The lowest BCUT2D eigenvalue weighted by Crippen LogP contribution is -2.41. The Labute approximate surface area is 192 Å². The van der Waals surface area contributed by atoms with Gasteiger partial charge in [-0.2, -0.15) is 5.10 Å². The van der Waals surface area contributed by atoms with Crippen molar-refractivity contribution in [1.29, 1.82) is 0 Å². The van der Waals surface area contributed by atoms with Crippen molar-refractivity contribution < 1.29 is 14.3 Å². The van der Waals surface area contributed by atoms with E-state index in [1.807, 2.05) is 22.6 Å². The van der Waals surface area contributed by atoms with Gasteiger partial charge in [-0.05, 0) is 50.3 Å². The van der Waals surface area contributed by atoms with Crippen LogP contribution in [0.25, 0.3) is 11.3 Å². The lowest BCUT2D eigenvalue weighted by molar-refractivity contribution is -0.127. The first kappa shape index (κ1) is 22.2. The molecule has 1 unspecified atom stereocenters. The van der Waals surface area contributed by atoms with E-state index in [4.69, 9.17) is 27.2 Å². The van der Waals surface area contributed by atoms with E-state index in [1.54, 1.807) is 13.2 Å². The van der Waals surface area contributed by atoms with E-state index < -0.39 is 5.91 Å².